The summed E-state index contributed by atoms with van der Waals surface area (Å²) < 4.78 is 29.4. The molecule has 0 aromatic heterocycles. The zero-order valence-corrected chi connectivity index (χ0v) is 18.6. The maximum atomic E-state index is 13.3. The van der Waals surface area contributed by atoms with Crippen LogP contribution in [0.1, 0.15) is 29.2 Å². The van der Waals surface area contributed by atoms with Crippen molar-refractivity contribution < 1.29 is 23.4 Å². The van der Waals surface area contributed by atoms with Gasteiger partial charge in [0.05, 0.1) is 27.4 Å². The molecule has 3 aromatic carbocycles. The summed E-state index contributed by atoms with van der Waals surface area (Å²) >= 11 is 0. The Kier molecular flexibility index (Phi) is 8.08. The third-order valence-corrected chi connectivity index (χ3v) is 5.31. The highest BCUT2D eigenvalue weighted by molar-refractivity contribution is 5.77. The van der Waals surface area contributed by atoms with E-state index in [2.05, 4.69) is 5.32 Å². The molecule has 0 bridgehead atoms. The first-order valence-electron chi connectivity index (χ1n) is 10.4. The molecule has 1 unspecified atom stereocenters. The lowest BCUT2D eigenvalue weighted by Gasteiger charge is -2.20. The smallest absolute Gasteiger partial charge is 0.220 e. The van der Waals surface area contributed by atoms with Crippen LogP contribution in [0.15, 0.2) is 66.7 Å². The Hall–Kier alpha value is -3.54. The predicted octanol–water partition coefficient (Wildman–Crippen LogP) is 4.88. The van der Waals surface area contributed by atoms with Gasteiger partial charge in [0.15, 0.2) is 11.5 Å². The van der Waals surface area contributed by atoms with E-state index in [4.69, 9.17) is 14.2 Å². The van der Waals surface area contributed by atoms with E-state index in [1.807, 2.05) is 42.5 Å². The van der Waals surface area contributed by atoms with E-state index >= 15 is 0 Å². The molecule has 32 heavy (non-hydrogen) atoms. The lowest BCUT2D eigenvalue weighted by molar-refractivity contribution is -0.121. The summed E-state index contributed by atoms with van der Waals surface area (Å²) in [4.78, 5) is 12.9. The number of hydrogen-bond acceptors (Lipinski definition) is 4. The molecule has 0 aliphatic rings. The van der Waals surface area contributed by atoms with Gasteiger partial charge in [-0.15, -0.1) is 0 Å². The van der Waals surface area contributed by atoms with Crippen LogP contribution >= 0.6 is 0 Å². The molecule has 3 aromatic rings. The Morgan fingerprint density at radius 2 is 1.62 bits per heavy atom. The number of aryl methyl sites for hydroxylation is 1. The molecule has 0 fully saturated rings. The molecular weight excluding hydrogens is 409 g/mol. The van der Waals surface area contributed by atoms with Crippen molar-refractivity contribution in [2.75, 3.05) is 21.3 Å². The van der Waals surface area contributed by atoms with Crippen LogP contribution < -0.4 is 19.5 Å². The molecule has 5 nitrogen and oxygen atoms in total. The number of amides is 1. The first-order chi connectivity index (χ1) is 15.5. The number of carbonyl (C=O) groups excluding carboxylic acids is 1. The van der Waals surface area contributed by atoms with E-state index in [9.17, 15) is 9.18 Å². The number of carbonyl (C=O) groups is 1. The lowest BCUT2D eigenvalue weighted by Crippen LogP contribution is -2.30. The van der Waals surface area contributed by atoms with E-state index in [0.717, 1.165) is 22.4 Å². The third-order valence-electron chi connectivity index (χ3n) is 5.31. The standard InChI is InChI=1S/C26H28FNO4/c1-30-22-14-9-19(10-15-22)23(17-18-7-12-21(27)13-8-18)28-25(29)16-11-20-5-4-6-24(31-2)26(20)32-3/h4-10,12-15,23H,11,16-17H2,1-3H3,(H,28,29). The largest absolute Gasteiger partial charge is 0.497 e. The highest BCUT2D eigenvalue weighted by Gasteiger charge is 2.17. The highest BCUT2D eigenvalue weighted by atomic mass is 19.1. The maximum Gasteiger partial charge on any atom is 0.220 e. The van der Waals surface area contributed by atoms with Crippen molar-refractivity contribution in [2.24, 2.45) is 0 Å². The van der Waals surface area contributed by atoms with Gasteiger partial charge in [0.1, 0.15) is 11.6 Å². The Balaban J connectivity index is 1.73. The van der Waals surface area contributed by atoms with Crippen LogP contribution in [0.25, 0.3) is 0 Å². The van der Waals surface area contributed by atoms with Crippen molar-refractivity contribution in [2.45, 2.75) is 25.3 Å². The molecule has 1 atom stereocenters. The minimum absolute atomic E-state index is 0.0854. The van der Waals surface area contributed by atoms with Gasteiger partial charge in [-0.3, -0.25) is 4.79 Å². The van der Waals surface area contributed by atoms with Gasteiger partial charge in [0.25, 0.3) is 0 Å². The van der Waals surface area contributed by atoms with Gasteiger partial charge in [-0.05, 0) is 59.9 Å². The maximum absolute atomic E-state index is 13.3. The Labute approximate surface area is 188 Å². The van der Waals surface area contributed by atoms with Gasteiger partial charge < -0.3 is 19.5 Å². The first kappa shape index (κ1) is 23.1. The molecule has 0 saturated carbocycles. The van der Waals surface area contributed by atoms with Crippen molar-refractivity contribution in [3.63, 3.8) is 0 Å². The summed E-state index contributed by atoms with van der Waals surface area (Å²) in [7, 11) is 4.78. The highest BCUT2D eigenvalue weighted by Crippen LogP contribution is 2.31. The number of nitrogens with one attached hydrogen (secondary N) is 1. The van der Waals surface area contributed by atoms with E-state index in [1.54, 1.807) is 33.5 Å². The summed E-state index contributed by atoms with van der Waals surface area (Å²) in [5, 5.41) is 3.12. The summed E-state index contributed by atoms with van der Waals surface area (Å²) in [6.07, 6.45) is 1.35. The molecule has 1 N–H and O–H groups in total. The van der Waals surface area contributed by atoms with Crippen molar-refractivity contribution in [3.05, 3.63) is 89.2 Å². The quantitative estimate of drug-likeness (QED) is 0.491. The van der Waals surface area contributed by atoms with Crippen molar-refractivity contribution in [1.82, 2.24) is 5.32 Å². The normalized spacial score (nSPS) is 11.5. The van der Waals surface area contributed by atoms with Crippen LogP contribution in [-0.4, -0.2) is 27.2 Å². The van der Waals surface area contributed by atoms with E-state index in [-0.39, 0.29) is 17.8 Å². The average molecular weight is 438 g/mol. The Morgan fingerprint density at radius 3 is 2.25 bits per heavy atom. The fourth-order valence-electron chi connectivity index (χ4n) is 3.61. The number of benzene rings is 3. The van der Waals surface area contributed by atoms with Crippen LogP contribution in [0.5, 0.6) is 17.2 Å². The molecule has 0 saturated heterocycles. The number of hydrogen-bond donors (Lipinski definition) is 1. The zero-order chi connectivity index (χ0) is 22.9. The first-order valence-corrected chi connectivity index (χ1v) is 10.4. The summed E-state index contributed by atoms with van der Waals surface area (Å²) in [5.74, 6) is 1.65. The molecule has 0 spiro atoms. The van der Waals surface area contributed by atoms with Gasteiger partial charge in [-0.1, -0.05) is 36.4 Å². The Morgan fingerprint density at radius 1 is 0.906 bits per heavy atom. The Bertz CT molecular complexity index is 1020. The molecule has 0 aliphatic carbocycles. The van der Waals surface area contributed by atoms with Crippen LogP contribution in [0.4, 0.5) is 4.39 Å². The minimum atomic E-state index is -0.286. The van der Waals surface area contributed by atoms with Gasteiger partial charge in [-0.25, -0.2) is 4.39 Å². The van der Waals surface area contributed by atoms with Crippen LogP contribution in [0.3, 0.4) is 0 Å². The number of halogens is 1. The van der Waals surface area contributed by atoms with Crippen LogP contribution in [0, 0.1) is 5.82 Å². The minimum Gasteiger partial charge on any atom is -0.497 e. The zero-order valence-electron chi connectivity index (χ0n) is 18.6. The lowest BCUT2D eigenvalue weighted by atomic mass is 9.98. The van der Waals surface area contributed by atoms with Crippen LogP contribution in [0.2, 0.25) is 0 Å². The molecule has 3 rings (SSSR count). The molecule has 0 heterocycles. The van der Waals surface area contributed by atoms with E-state index in [0.29, 0.717) is 30.8 Å². The van der Waals surface area contributed by atoms with Gasteiger partial charge >= 0.3 is 0 Å². The fourth-order valence-corrected chi connectivity index (χ4v) is 3.61. The van der Waals surface area contributed by atoms with Gasteiger partial charge in [-0.2, -0.15) is 0 Å². The third kappa shape index (κ3) is 6.00. The summed E-state index contributed by atoms with van der Waals surface area (Å²) in [5.41, 5.74) is 2.78. The van der Waals surface area contributed by atoms with Crippen molar-refractivity contribution >= 4 is 5.91 Å². The second kappa shape index (κ2) is 11.2. The van der Waals surface area contributed by atoms with Crippen molar-refractivity contribution in [1.29, 1.82) is 0 Å². The van der Waals surface area contributed by atoms with E-state index < -0.39 is 0 Å². The van der Waals surface area contributed by atoms with E-state index in [1.165, 1.54) is 12.1 Å². The number of para-hydroxylation sites is 1. The number of methoxy groups -OCH3 is 3. The molecule has 1 amide bonds. The molecular formula is C26H28FNO4. The fraction of sp³-hybridized carbons (Fsp3) is 0.269. The second-order valence-corrected chi connectivity index (χ2v) is 7.38. The average Bonchev–Trinajstić information content (AvgIpc) is 2.83. The SMILES string of the molecule is COc1ccc(C(Cc2ccc(F)cc2)NC(=O)CCc2cccc(OC)c2OC)cc1. The van der Waals surface area contributed by atoms with Crippen molar-refractivity contribution in [3.8, 4) is 17.2 Å². The predicted molar refractivity (Wildman–Crippen MR) is 122 cm³/mol. The second-order valence-electron chi connectivity index (χ2n) is 7.38. The molecule has 6 heteroatoms. The molecule has 168 valence electrons. The van der Waals surface area contributed by atoms with Gasteiger partial charge in [0, 0.05) is 6.42 Å². The molecule has 0 aliphatic heterocycles. The monoisotopic (exact) mass is 437 g/mol. The summed E-state index contributed by atoms with van der Waals surface area (Å²) in [6, 6.07) is 19.3. The number of rotatable bonds is 10. The van der Waals surface area contributed by atoms with Crippen LogP contribution in [-0.2, 0) is 17.6 Å². The molecule has 0 radical (unpaired) electrons. The number of ether oxygens (including phenoxy) is 3. The topological polar surface area (TPSA) is 56.8 Å². The van der Waals surface area contributed by atoms with Gasteiger partial charge in [0.2, 0.25) is 5.91 Å². The summed E-state index contributed by atoms with van der Waals surface area (Å²) in [6.45, 7) is 0.